The summed E-state index contributed by atoms with van der Waals surface area (Å²) in [6, 6.07) is 0. The fraction of sp³-hybridized carbons (Fsp3) is 0.182. The predicted molar refractivity (Wildman–Crippen MR) is 109 cm³/mol. The van der Waals surface area contributed by atoms with Gasteiger partial charge in [0.1, 0.15) is 0 Å². The molecule has 0 radical (unpaired) electrons. The van der Waals surface area contributed by atoms with E-state index in [4.69, 9.17) is 128 Å². The van der Waals surface area contributed by atoms with Crippen LogP contribution in [0.15, 0.2) is 0 Å². The summed E-state index contributed by atoms with van der Waals surface area (Å²) in [6.07, 6.45) is 0. The molecule has 3 nitrogen and oxygen atoms in total. The first kappa shape index (κ1) is 22.7. The van der Waals surface area contributed by atoms with Crippen molar-refractivity contribution < 1.29 is 0 Å². The molecule has 0 aliphatic heterocycles. The highest BCUT2D eigenvalue weighted by atomic mass is 35.6. The van der Waals surface area contributed by atoms with Gasteiger partial charge in [0.2, 0.25) is 7.59 Å². The van der Waals surface area contributed by atoms with Gasteiger partial charge < -0.3 is 0 Å². The normalized spacial score (nSPS) is 12.6. The summed E-state index contributed by atoms with van der Waals surface area (Å²) in [6.45, 7) is 0. The fourth-order valence-electron chi connectivity index (χ4n) is 1.54. The molecule has 2 rings (SSSR count). The Labute approximate surface area is 196 Å². The van der Waals surface area contributed by atoms with Crippen molar-refractivity contribution in [2.75, 3.05) is 0 Å². The maximum atomic E-state index is 6.19. The molecule has 0 unspecified atom stereocenters. The van der Waals surface area contributed by atoms with E-state index in [1.54, 1.807) is 0 Å². The Bertz CT molecular complexity index is 779. The number of alkyl halides is 6. The molecule has 1 aromatic heterocycles. The largest absolute Gasteiger partial charge is 0.250 e. The third-order valence-electron chi connectivity index (χ3n) is 2.58. The summed E-state index contributed by atoms with van der Waals surface area (Å²) in [5.41, 5.74) is -0.00358. The number of nitrogens with zero attached hydrogens (tertiary/aromatic N) is 3. The third kappa shape index (κ3) is 4.89. The molecule has 2 aromatic rings. The van der Waals surface area contributed by atoms with Gasteiger partial charge in [-0.25, -0.2) is 15.0 Å². The van der Waals surface area contributed by atoms with Gasteiger partial charge in [0.15, 0.2) is 17.5 Å². The first-order valence-electron chi connectivity index (χ1n) is 5.67. The van der Waals surface area contributed by atoms with Crippen LogP contribution in [-0.4, -0.2) is 15.0 Å². The average molecular weight is 564 g/mol. The summed E-state index contributed by atoms with van der Waals surface area (Å²) >= 11 is 65.3. The van der Waals surface area contributed by atoms with Crippen LogP contribution in [0.25, 0.3) is 11.4 Å². The highest BCUT2D eigenvalue weighted by Crippen LogP contribution is 2.48. The van der Waals surface area contributed by atoms with Crippen LogP contribution in [0.4, 0.5) is 0 Å². The quantitative estimate of drug-likeness (QED) is 0.198. The molecule has 25 heavy (non-hydrogen) atoms. The Morgan fingerprint density at radius 3 is 1.12 bits per heavy atom. The van der Waals surface area contributed by atoms with Gasteiger partial charge in [-0.15, -0.1) is 0 Å². The molecule has 0 atom stereocenters. The lowest BCUT2D eigenvalue weighted by atomic mass is 10.2. The molecule has 0 fully saturated rings. The minimum atomic E-state index is -2.05. The van der Waals surface area contributed by atoms with Crippen LogP contribution in [0.1, 0.15) is 11.6 Å². The Kier molecular flexibility index (Phi) is 7.30. The summed E-state index contributed by atoms with van der Waals surface area (Å²) in [5.74, 6) is -0.857. The molecule has 1 heterocycles. The molecule has 0 spiro atoms. The zero-order valence-corrected chi connectivity index (χ0v) is 19.3. The minimum Gasteiger partial charge on any atom is -0.209 e. The molecule has 0 saturated carbocycles. The van der Waals surface area contributed by atoms with E-state index >= 15 is 0 Å². The second kappa shape index (κ2) is 8.04. The Morgan fingerprint density at radius 1 is 0.480 bits per heavy atom. The van der Waals surface area contributed by atoms with Crippen molar-refractivity contribution in [2.45, 2.75) is 7.59 Å². The van der Waals surface area contributed by atoms with E-state index in [1.165, 1.54) is 0 Å². The van der Waals surface area contributed by atoms with Crippen molar-refractivity contribution in [2.24, 2.45) is 0 Å². The van der Waals surface area contributed by atoms with Crippen molar-refractivity contribution in [1.82, 2.24) is 15.0 Å². The van der Waals surface area contributed by atoms with E-state index in [0.717, 1.165) is 0 Å². The SMILES string of the molecule is Clc1c(Cl)c(Cl)c(-c2nc(C(Cl)(Cl)Cl)nc(C(Cl)(Cl)Cl)n2)c(Cl)c1Cl. The van der Waals surface area contributed by atoms with E-state index in [9.17, 15) is 0 Å². The van der Waals surface area contributed by atoms with E-state index in [-0.39, 0.29) is 48.1 Å². The fourth-order valence-corrected chi connectivity index (χ4v) is 3.36. The highest BCUT2D eigenvalue weighted by molar-refractivity contribution is 6.67. The van der Waals surface area contributed by atoms with E-state index in [1.807, 2.05) is 0 Å². The van der Waals surface area contributed by atoms with E-state index in [0.29, 0.717) is 0 Å². The molecule has 0 aliphatic carbocycles. The Morgan fingerprint density at radius 2 is 0.800 bits per heavy atom. The lowest BCUT2D eigenvalue weighted by Gasteiger charge is -2.17. The van der Waals surface area contributed by atoms with Gasteiger partial charge in [-0.1, -0.05) is 128 Å². The van der Waals surface area contributed by atoms with E-state index in [2.05, 4.69) is 15.0 Å². The van der Waals surface area contributed by atoms with Crippen LogP contribution in [-0.2, 0) is 7.59 Å². The van der Waals surface area contributed by atoms with Crippen LogP contribution in [0, 0.1) is 0 Å². The molecule has 136 valence electrons. The third-order valence-corrected chi connectivity index (χ3v) is 5.87. The monoisotopic (exact) mass is 559 g/mol. The smallest absolute Gasteiger partial charge is 0.209 e. The van der Waals surface area contributed by atoms with Gasteiger partial charge in [0, 0.05) is 0 Å². The second-order valence-electron chi connectivity index (χ2n) is 4.25. The summed E-state index contributed by atoms with van der Waals surface area (Å²) in [4.78, 5) is 11.8. The molecular weight excluding hydrogens is 564 g/mol. The number of hydrogen-bond acceptors (Lipinski definition) is 3. The molecule has 0 N–H and O–H groups in total. The number of aromatic nitrogens is 3. The number of halogens is 11. The Hall–Kier alpha value is 1.42. The molecule has 0 amide bonds. The zero-order chi connectivity index (χ0) is 19.3. The first-order chi connectivity index (χ1) is 11.2. The topological polar surface area (TPSA) is 38.7 Å². The average Bonchev–Trinajstić information content (AvgIpc) is 2.49. The van der Waals surface area contributed by atoms with Gasteiger partial charge in [-0.3, -0.25) is 0 Å². The van der Waals surface area contributed by atoms with Crippen LogP contribution >= 0.6 is 128 Å². The van der Waals surface area contributed by atoms with Gasteiger partial charge in [-0.2, -0.15) is 0 Å². The lowest BCUT2D eigenvalue weighted by Crippen LogP contribution is -2.17. The molecule has 0 aliphatic rings. The van der Waals surface area contributed by atoms with Gasteiger partial charge in [-0.05, 0) is 0 Å². The van der Waals surface area contributed by atoms with Crippen LogP contribution in [0.5, 0.6) is 0 Å². The number of rotatable bonds is 1. The predicted octanol–water partition coefficient (Wildman–Crippen LogP) is 8.46. The summed E-state index contributed by atoms with van der Waals surface area (Å²) in [7, 11) is 0. The molecule has 0 bridgehead atoms. The zero-order valence-electron chi connectivity index (χ0n) is 11.0. The van der Waals surface area contributed by atoms with E-state index < -0.39 is 7.59 Å². The van der Waals surface area contributed by atoms with Crippen molar-refractivity contribution in [3.8, 4) is 11.4 Å². The molecular formula is C11Cl11N3. The highest BCUT2D eigenvalue weighted by Gasteiger charge is 2.35. The number of hydrogen-bond donors (Lipinski definition) is 0. The van der Waals surface area contributed by atoms with Gasteiger partial charge >= 0.3 is 0 Å². The van der Waals surface area contributed by atoms with Crippen molar-refractivity contribution in [3.63, 3.8) is 0 Å². The van der Waals surface area contributed by atoms with Crippen LogP contribution in [0.2, 0.25) is 25.1 Å². The van der Waals surface area contributed by atoms with Crippen LogP contribution < -0.4 is 0 Å². The number of benzene rings is 1. The maximum absolute atomic E-state index is 6.19. The first-order valence-corrected chi connectivity index (χ1v) is 9.83. The Balaban J connectivity index is 2.89. The van der Waals surface area contributed by atoms with Gasteiger partial charge in [0.25, 0.3) is 0 Å². The molecule has 0 saturated heterocycles. The summed E-state index contributed by atoms with van der Waals surface area (Å²) < 4.78 is -4.11. The molecule has 1 aromatic carbocycles. The molecule has 14 heteroatoms. The van der Waals surface area contributed by atoms with Crippen LogP contribution in [0.3, 0.4) is 0 Å². The minimum absolute atomic E-state index is 0.00358. The van der Waals surface area contributed by atoms with Gasteiger partial charge in [0.05, 0.1) is 30.7 Å². The lowest BCUT2D eigenvalue weighted by molar-refractivity contribution is 0.851. The maximum Gasteiger partial charge on any atom is 0.250 e. The standard InChI is InChI=1S/C11Cl11N3/c12-2-1(3(13)5(15)6(16)4(2)14)7-23-8(10(17,18)19)25-9(24-7)11(20,21)22. The van der Waals surface area contributed by atoms with Crippen molar-refractivity contribution >= 4 is 128 Å². The second-order valence-corrected chi connectivity index (χ2v) is 10.7. The van der Waals surface area contributed by atoms with Crippen molar-refractivity contribution in [1.29, 1.82) is 0 Å². The van der Waals surface area contributed by atoms with Crippen molar-refractivity contribution in [3.05, 3.63) is 36.8 Å². The summed E-state index contributed by atoms with van der Waals surface area (Å²) in [5, 5.41) is -0.423.